The fraction of sp³-hybridized carbons (Fsp3) is 1.00. The van der Waals surface area contributed by atoms with Crippen molar-refractivity contribution in [1.82, 2.24) is 10.6 Å². The van der Waals surface area contributed by atoms with Crippen molar-refractivity contribution < 1.29 is 0 Å². The first kappa shape index (κ1) is 19.2. The largest absolute Gasteiger partial charge is 0.312 e. The van der Waals surface area contributed by atoms with Crippen molar-refractivity contribution in [2.45, 2.75) is 117 Å². The second-order valence-electron chi connectivity index (χ2n) is 9.56. The molecule has 2 aliphatic rings. The van der Waals surface area contributed by atoms with Crippen LogP contribution in [0.25, 0.3) is 0 Å². The van der Waals surface area contributed by atoms with Crippen LogP contribution in [0.5, 0.6) is 0 Å². The summed E-state index contributed by atoms with van der Waals surface area (Å²) < 4.78 is 0. The first-order valence-electron chi connectivity index (χ1n) is 10.3. The molecule has 0 heterocycles. The van der Waals surface area contributed by atoms with E-state index >= 15 is 0 Å². The van der Waals surface area contributed by atoms with Crippen molar-refractivity contribution in [3.05, 3.63) is 0 Å². The first-order valence-corrected chi connectivity index (χ1v) is 10.3. The molecule has 0 aromatic rings. The predicted octanol–water partition coefficient (Wildman–Crippen LogP) is 5.13. The van der Waals surface area contributed by atoms with Crippen molar-refractivity contribution in [2.24, 2.45) is 17.3 Å². The van der Waals surface area contributed by atoms with Crippen LogP contribution in [-0.2, 0) is 0 Å². The highest BCUT2D eigenvalue weighted by Gasteiger charge is 2.40. The van der Waals surface area contributed by atoms with Gasteiger partial charge < -0.3 is 10.6 Å². The average Bonchev–Trinajstić information content (AvgIpc) is 2.47. The summed E-state index contributed by atoms with van der Waals surface area (Å²) in [6.45, 7) is 14.3. The molecule has 2 aliphatic carbocycles. The smallest absolute Gasteiger partial charge is 0.00696 e. The maximum absolute atomic E-state index is 3.75. The van der Waals surface area contributed by atoms with Crippen LogP contribution < -0.4 is 10.6 Å². The lowest BCUT2D eigenvalue weighted by molar-refractivity contribution is 0.0457. The Morgan fingerprint density at radius 3 is 1.17 bits per heavy atom. The summed E-state index contributed by atoms with van der Waals surface area (Å²) in [4.78, 5) is 0. The third-order valence-electron chi connectivity index (χ3n) is 6.70. The Kier molecular flexibility index (Phi) is 6.98. The van der Waals surface area contributed by atoms with Crippen LogP contribution in [0.2, 0.25) is 0 Å². The summed E-state index contributed by atoms with van der Waals surface area (Å²) in [5, 5.41) is 7.50. The Bertz CT molecular complexity index is 300. The van der Waals surface area contributed by atoms with Crippen LogP contribution in [-0.4, -0.2) is 24.2 Å². The molecule has 2 heteroatoms. The van der Waals surface area contributed by atoms with Crippen molar-refractivity contribution in [1.29, 1.82) is 0 Å². The molecule has 2 N–H and O–H groups in total. The Labute approximate surface area is 145 Å². The van der Waals surface area contributed by atoms with Gasteiger partial charge in [-0.05, 0) is 68.6 Å². The van der Waals surface area contributed by atoms with Gasteiger partial charge in [0, 0.05) is 24.2 Å². The molecule has 0 bridgehead atoms. The van der Waals surface area contributed by atoms with Gasteiger partial charge >= 0.3 is 0 Å². The predicted molar refractivity (Wildman–Crippen MR) is 102 cm³/mol. The molecule has 2 rings (SSSR count). The lowest BCUT2D eigenvalue weighted by atomic mass is 9.60. The molecule has 0 saturated heterocycles. The van der Waals surface area contributed by atoms with Gasteiger partial charge in [0.25, 0.3) is 0 Å². The van der Waals surface area contributed by atoms with Gasteiger partial charge in [0.15, 0.2) is 0 Å². The molecule has 0 aromatic heterocycles. The van der Waals surface area contributed by atoms with Crippen LogP contribution >= 0.6 is 0 Å². The van der Waals surface area contributed by atoms with Crippen LogP contribution in [0.4, 0.5) is 0 Å². The second-order valence-corrected chi connectivity index (χ2v) is 9.56. The van der Waals surface area contributed by atoms with Crippen molar-refractivity contribution in [3.8, 4) is 0 Å². The highest BCUT2D eigenvalue weighted by atomic mass is 14.9. The highest BCUT2D eigenvalue weighted by Crippen LogP contribution is 2.48. The molecule has 0 aliphatic heterocycles. The van der Waals surface area contributed by atoms with Crippen molar-refractivity contribution >= 4 is 0 Å². The van der Waals surface area contributed by atoms with E-state index in [4.69, 9.17) is 0 Å². The van der Waals surface area contributed by atoms with Crippen LogP contribution in [0.1, 0.15) is 92.9 Å². The summed E-state index contributed by atoms with van der Waals surface area (Å²) in [5.41, 5.74) is 0.533. The van der Waals surface area contributed by atoms with E-state index in [-0.39, 0.29) is 0 Å². The fourth-order valence-electron chi connectivity index (χ4n) is 5.28. The van der Waals surface area contributed by atoms with Gasteiger partial charge in [-0.1, -0.05) is 41.5 Å². The average molecular weight is 323 g/mol. The fourth-order valence-corrected chi connectivity index (χ4v) is 5.28. The van der Waals surface area contributed by atoms with E-state index in [1.807, 2.05) is 0 Å². The number of hydrogen-bond donors (Lipinski definition) is 2. The highest BCUT2D eigenvalue weighted by molar-refractivity contribution is 4.92. The van der Waals surface area contributed by atoms with E-state index in [0.717, 1.165) is 23.9 Å². The molecule has 23 heavy (non-hydrogen) atoms. The van der Waals surface area contributed by atoms with Gasteiger partial charge in [-0.3, -0.25) is 0 Å². The third-order valence-corrected chi connectivity index (χ3v) is 6.70. The van der Waals surface area contributed by atoms with E-state index in [9.17, 15) is 0 Å². The van der Waals surface area contributed by atoms with Gasteiger partial charge in [-0.15, -0.1) is 0 Å². The zero-order chi connectivity index (χ0) is 17.0. The maximum Gasteiger partial charge on any atom is 0.00696 e. The zero-order valence-corrected chi connectivity index (χ0v) is 16.6. The molecule has 0 spiro atoms. The lowest BCUT2D eigenvalue weighted by Gasteiger charge is -2.47. The Morgan fingerprint density at radius 2 is 0.913 bits per heavy atom. The van der Waals surface area contributed by atoms with Crippen LogP contribution in [0.15, 0.2) is 0 Å². The summed E-state index contributed by atoms with van der Waals surface area (Å²) in [6, 6.07) is 2.81. The number of hydrogen-bond acceptors (Lipinski definition) is 2. The minimum atomic E-state index is 0.533. The molecular formula is C21H42N2. The molecule has 2 nitrogen and oxygen atoms in total. The van der Waals surface area contributed by atoms with E-state index in [0.29, 0.717) is 17.5 Å². The standard InChI is InChI=1S/C21H42N2/c1-15(2)22-19-11-7-17(8-12-19)21(5,6)18-9-13-20(14-10-18)23-16(3)4/h15-20,22-23H,7-14H2,1-6H3. The molecule has 0 aromatic carbocycles. The molecule has 136 valence electrons. The van der Waals surface area contributed by atoms with Gasteiger partial charge in [0.05, 0.1) is 0 Å². The van der Waals surface area contributed by atoms with Crippen LogP contribution in [0.3, 0.4) is 0 Å². The summed E-state index contributed by atoms with van der Waals surface area (Å²) in [5.74, 6) is 1.87. The van der Waals surface area contributed by atoms with E-state index in [1.54, 1.807) is 0 Å². The molecule has 0 radical (unpaired) electrons. The lowest BCUT2D eigenvalue weighted by Crippen LogP contribution is -2.44. The minimum absolute atomic E-state index is 0.533. The van der Waals surface area contributed by atoms with Crippen molar-refractivity contribution in [2.75, 3.05) is 0 Å². The van der Waals surface area contributed by atoms with Crippen LogP contribution in [0, 0.1) is 17.3 Å². The van der Waals surface area contributed by atoms with Gasteiger partial charge in [-0.2, -0.15) is 0 Å². The SMILES string of the molecule is CC(C)NC1CCC(C(C)(C)C2CCC(NC(C)C)CC2)CC1. The number of rotatable bonds is 6. The Hall–Kier alpha value is -0.0800. The van der Waals surface area contributed by atoms with Gasteiger partial charge in [0.2, 0.25) is 0 Å². The topological polar surface area (TPSA) is 24.1 Å². The summed E-state index contributed by atoms with van der Waals surface area (Å²) >= 11 is 0. The van der Waals surface area contributed by atoms with E-state index in [2.05, 4.69) is 52.2 Å². The summed E-state index contributed by atoms with van der Waals surface area (Å²) in [6.07, 6.45) is 11.3. The molecule has 2 saturated carbocycles. The van der Waals surface area contributed by atoms with E-state index in [1.165, 1.54) is 51.4 Å². The maximum atomic E-state index is 3.75. The third kappa shape index (κ3) is 5.46. The first-order chi connectivity index (χ1) is 10.8. The number of nitrogens with one attached hydrogen (secondary N) is 2. The minimum Gasteiger partial charge on any atom is -0.312 e. The van der Waals surface area contributed by atoms with Gasteiger partial charge in [-0.25, -0.2) is 0 Å². The normalized spacial score (nSPS) is 33.4. The Balaban J connectivity index is 1.81. The summed E-state index contributed by atoms with van der Waals surface area (Å²) in [7, 11) is 0. The molecule has 0 atom stereocenters. The van der Waals surface area contributed by atoms with Crippen molar-refractivity contribution in [3.63, 3.8) is 0 Å². The van der Waals surface area contributed by atoms with E-state index < -0.39 is 0 Å². The zero-order valence-electron chi connectivity index (χ0n) is 16.6. The van der Waals surface area contributed by atoms with Gasteiger partial charge in [0.1, 0.15) is 0 Å². The molecule has 0 amide bonds. The molecule has 0 unspecified atom stereocenters. The molecule has 2 fully saturated rings. The Morgan fingerprint density at radius 1 is 0.609 bits per heavy atom. The monoisotopic (exact) mass is 322 g/mol. The quantitative estimate of drug-likeness (QED) is 0.708. The molecular weight excluding hydrogens is 280 g/mol. The second kappa shape index (κ2) is 8.34.